The number of rotatable bonds is 37. The molecule has 0 spiro atoms. The monoisotopic (exact) mass is 974 g/mol. The fourth-order valence-electron chi connectivity index (χ4n) is 2.78. The van der Waals surface area contributed by atoms with Gasteiger partial charge in [-0.1, -0.05) is 6.92 Å². The summed E-state index contributed by atoms with van der Waals surface area (Å²) in [6.45, 7) is -10.0. The van der Waals surface area contributed by atoms with E-state index in [0.29, 0.717) is 0 Å². The van der Waals surface area contributed by atoms with Crippen LogP contribution in [0.1, 0.15) is 13.3 Å². The molecule has 0 radical (unpaired) electrons. The molecule has 0 fully saturated rings. The summed E-state index contributed by atoms with van der Waals surface area (Å²) in [5, 5.41) is 8.81. The standard InChI is InChI=1S/C19H46FO29P7/c1-2-18(15-47-50(22,23)24)16-48-55(33,34)45-11-9-43-53(29,30)41-7-5-39-51(25,26)37-3-4-38-52(27,28)40-6-8-42-54(31,32)44-10-12-46-56(35,36)49-17-19(13-20)14-21/h18-19,21H,2-17H2,1H3,(H,25,26)(H,27,28)(H,29,30)(H,31,32)(H,33,34)(H,35,36)(H2,22,23,24). The molecule has 8 atom stereocenters. The first-order valence-electron chi connectivity index (χ1n) is 15.2. The molecule has 29 nitrogen and oxygen atoms in total. The van der Waals surface area contributed by atoms with E-state index in [1.165, 1.54) is 0 Å². The van der Waals surface area contributed by atoms with Crippen LogP contribution in [0.3, 0.4) is 0 Å². The van der Waals surface area contributed by atoms with E-state index in [0.717, 1.165) is 0 Å². The van der Waals surface area contributed by atoms with Gasteiger partial charge < -0.3 is 44.3 Å². The van der Waals surface area contributed by atoms with Gasteiger partial charge in [0.25, 0.3) is 0 Å². The molecule has 9 N–H and O–H groups in total. The number of alkyl halides is 1. The van der Waals surface area contributed by atoms with Crippen LogP contribution in [-0.4, -0.2) is 143 Å². The number of aliphatic hydroxyl groups is 1. The van der Waals surface area contributed by atoms with E-state index in [9.17, 15) is 65.7 Å². The number of hydrogen-bond acceptors (Lipinski definition) is 21. The minimum absolute atomic E-state index is 0.241. The van der Waals surface area contributed by atoms with Gasteiger partial charge in [0.15, 0.2) is 0 Å². The summed E-state index contributed by atoms with van der Waals surface area (Å²) in [4.78, 5) is 74.9. The van der Waals surface area contributed by atoms with Crippen LogP contribution in [-0.2, 0) is 90.8 Å². The number of aliphatic hydroxyl groups excluding tert-OH is 1. The van der Waals surface area contributed by atoms with E-state index >= 15 is 0 Å². The third kappa shape index (κ3) is 32.4. The van der Waals surface area contributed by atoms with Gasteiger partial charge in [0.1, 0.15) is 0 Å². The van der Waals surface area contributed by atoms with Gasteiger partial charge in [-0.25, -0.2) is 32.0 Å². The van der Waals surface area contributed by atoms with Crippen LogP contribution in [0.15, 0.2) is 0 Å². The Morgan fingerprint density at radius 2 is 0.607 bits per heavy atom. The molecule has 0 saturated carbocycles. The molecular formula is C19H46FO29P7. The van der Waals surface area contributed by atoms with E-state index in [1.54, 1.807) is 6.92 Å². The Labute approximate surface area is 318 Å². The van der Waals surface area contributed by atoms with Crippen molar-refractivity contribution in [1.29, 1.82) is 0 Å². The third-order valence-electron chi connectivity index (χ3n) is 5.44. The summed E-state index contributed by atoms with van der Waals surface area (Å²) in [6.07, 6.45) is 0.241. The van der Waals surface area contributed by atoms with Crippen LogP contribution in [0.25, 0.3) is 0 Å². The fraction of sp³-hybridized carbons (Fsp3) is 1.00. The normalized spacial score (nSPS) is 20.1. The largest absolute Gasteiger partial charge is 0.472 e. The number of phosphoric acid groups is 7. The summed E-state index contributed by atoms with van der Waals surface area (Å²) < 4.78 is 152. The Hall–Kier alpha value is 0.660. The lowest BCUT2D eigenvalue weighted by Gasteiger charge is -2.18. The second-order valence-corrected chi connectivity index (χ2v) is 20.0. The van der Waals surface area contributed by atoms with Crippen molar-refractivity contribution in [2.45, 2.75) is 13.3 Å². The lowest BCUT2D eigenvalue weighted by Crippen LogP contribution is -2.16. The topological polar surface area (TPSA) is 422 Å². The lowest BCUT2D eigenvalue weighted by atomic mass is 10.1. The number of halogens is 1. The summed E-state index contributed by atoms with van der Waals surface area (Å²) in [5.74, 6) is -1.78. The van der Waals surface area contributed by atoms with Gasteiger partial charge in [-0.15, -0.1) is 0 Å². The molecular weight excluding hydrogens is 928 g/mol. The highest BCUT2D eigenvalue weighted by Crippen LogP contribution is 2.49. The molecule has 0 aromatic carbocycles. The molecule has 0 aromatic rings. The first-order valence-corrected chi connectivity index (χ1v) is 25.7. The average molecular weight is 974 g/mol. The molecule has 338 valence electrons. The molecule has 0 aromatic heterocycles. The predicted octanol–water partition coefficient (Wildman–Crippen LogP) is 1.50. The van der Waals surface area contributed by atoms with E-state index < -0.39 is 166 Å². The maximum absolute atomic E-state index is 12.5. The molecule has 0 saturated heterocycles. The van der Waals surface area contributed by atoms with E-state index in [1.807, 2.05) is 0 Å². The highest BCUT2D eigenvalue weighted by atomic mass is 31.2. The van der Waals surface area contributed by atoms with Crippen LogP contribution >= 0.6 is 54.8 Å². The average Bonchev–Trinajstić information content (AvgIpc) is 3.08. The van der Waals surface area contributed by atoms with Gasteiger partial charge in [0.05, 0.1) is 99.2 Å². The summed E-state index contributed by atoms with van der Waals surface area (Å²) in [5.41, 5.74) is 0. The minimum atomic E-state index is -4.89. The second kappa shape index (κ2) is 27.6. The molecule has 0 amide bonds. The van der Waals surface area contributed by atoms with Crippen molar-refractivity contribution in [2.75, 3.05) is 99.2 Å². The van der Waals surface area contributed by atoms with Crippen molar-refractivity contribution in [1.82, 2.24) is 0 Å². The van der Waals surface area contributed by atoms with E-state index in [-0.39, 0.29) is 6.42 Å². The second-order valence-electron chi connectivity index (χ2n) is 10.00. The summed E-state index contributed by atoms with van der Waals surface area (Å²) >= 11 is 0. The molecule has 8 unspecified atom stereocenters. The maximum atomic E-state index is 12.5. The van der Waals surface area contributed by atoms with Crippen molar-refractivity contribution < 1.29 is 139 Å². The van der Waals surface area contributed by atoms with Crippen LogP contribution in [0.5, 0.6) is 0 Å². The van der Waals surface area contributed by atoms with Crippen LogP contribution < -0.4 is 0 Å². The predicted molar refractivity (Wildman–Crippen MR) is 179 cm³/mol. The van der Waals surface area contributed by atoms with Crippen molar-refractivity contribution in [2.24, 2.45) is 11.8 Å². The molecule has 0 rings (SSSR count). The number of hydrogen-bond donors (Lipinski definition) is 9. The van der Waals surface area contributed by atoms with Crippen molar-refractivity contribution in [3.8, 4) is 0 Å². The Kier molecular flexibility index (Phi) is 27.9. The van der Waals surface area contributed by atoms with Gasteiger partial charge >= 0.3 is 54.8 Å². The molecule has 37 heteroatoms. The Morgan fingerprint density at radius 1 is 0.393 bits per heavy atom. The Bertz CT molecular complexity index is 1440. The highest BCUT2D eigenvalue weighted by Gasteiger charge is 2.29. The smallest absolute Gasteiger partial charge is 0.396 e. The van der Waals surface area contributed by atoms with Crippen molar-refractivity contribution >= 4 is 54.8 Å². The maximum Gasteiger partial charge on any atom is 0.472 e. The quantitative estimate of drug-likeness (QED) is 0.0314. The zero-order valence-corrected chi connectivity index (χ0v) is 35.4. The van der Waals surface area contributed by atoms with Crippen LogP contribution in [0.4, 0.5) is 4.39 Å². The number of phosphoric ester groups is 7. The fourth-order valence-corrected chi connectivity index (χ4v) is 7.48. The highest BCUT2D eigenvalue weighted by molar-refractivity contribution is 7.49. The van der Waals surface area contributed by atoms with Crippen molar-refractivity contribution in [3.63, 3.8) is 0 Å². The first-order chi connectivity index (χ1) is 25.7. The van der Waals surface area contributed by atoms with Gasteiger partial charge in [-0.05, 0) is 6.42 Å². The molecule has 0 aliphatic rings. The van der Waals surface area contributed by atoms with E-state index in [2.05, 4.69) is 58.8 Å². The SMILES string of the molecule is CCC(COP(=O)(O)O)COP(=O)(O)OCCOP(=O)(O)OCCOP(=O)(O)OCCOP(=O)(O)OCCOP(=O)(O)OCCOP(=O)(O)OCC(CO)CF. The lowest BCUT2D eigenvalue weighted by molar-refractivity contribution is 0.0703. The van der Waals surface area contributed by atoms with Gasteiger partial charge in [-0.3, -0.25) is 63.2 Å². The first kappa shape index (κ1) is 56.7. The van der Waals surface area contributed by atoms with E-state index in [4.69, 9.17) is 14.9 Å². The Morgan fingerprint density at radius 3 is 0.804 bits per heavy atom. The summed E-state index contributed by atoms with van der Waals surface area (Å²) in [7, 11) is -33.7. The molecule has 0 aliphatic carbocycles. The third-order valence-corrected chi connectivity index (χ3v) is 12.0. The van der Waals surface area contributed by atoms with Gasteiger partial charge in [-0.2, -0.15) is 0 Å². The molecule has 0 heterocycles. The molecule has 56 heavy (non-hydrogen) atoms. The van der Waals surface area contributed by atoms with Gasteiger partial charge in [0, 0.05) is 11.8 Å². The molecule has 0 bridgehead atoms. The Balaban J connectivity index is 4.23. The zero-order chi connectivity index (χ0) is 43.2. The van der Waals surface area contributed by atoms with Crippen LogP contribution in [0, 0.1) is 11.8 Å². The zero-order valence-electron chi connectivity index (χ0n) is 29.2. The van der Waals surface area contributed by atoms with Crippen molar-refractivity contribution in [3.05, 3.63) is 0 Å². The minimum Gasteiger partial charge on any atom is -0.396 e. The summed E-state index contributed by atoms with van der Waals surface area (Å²) in [6, 6.07) is 0. The van der Waals surface area contributed by atoms with Gasteiger partial charge in [0.2, 0.25) is 0 Å². The molecule has 0 aliphatic heterocycles. The van der Waals surface area contributed by atoms with Crippen LogP contribution in [0.2, 0.25) is 0 Å².